The number of benzene rings is 1. The second kappa shape index (κ2) is 8.29. The van der Waals surface area contributed by atoms with Gasteiger partial charge in [0.15, 0.2) is 11.5 Å². The molecule has 2 aromatic rings. The topological polar surface area (TPSA) is 83.4 Å². The Morgan fingerprint density at radius 1 is 1.04 bits per heavy atom. The first-order valence-corrected chi connectivity index (χ1v) is 8.04. The van der Waals surface area contributed by atoms with Gasteiger partial charge in [0.1, 0.15) is 5.71 Å². The molecule has 0 fully saturated rings. The molecular formula is C17H17NO6S. The lowest BCUT2D eigenvalue weighted by atomic mass is 10.2. The Hall–Kier alpha value is -2.87. The summed E-state index contributed by atoms with van der Waals surface area (Å²) in [4.78, 5) is 29.7. The summed E-state index contributed by atoms with van der Waals surface area (Å²) in [7, 11) is 4.34. The Bertz CT molecular complexity index is 772. The van der Waals surface area contributed by atoms with Crippen molar-refractivity contribution in [2.45, 2.75) is 6.92 Å². The maximum atomic E-state index is 12.2. The lowest BCUT2D eigenvalue weighted by molar-refractivity contribution is 0.0514. The van der Waals surface area contributed by atoms with Crippen molar-refractivity contribution in [2.24, 2.45) is 5.16 Å². The van der Waals surface area contributed by atoms with Gasteiger partial charge in [-0.3, -0.25) is 4.79 Å². The molecule has 0 aliphatic rings. The summed E-state index contributed by atoms with van der Waals surface area (Å²) in [6.07, 6.45) is 0. The summed E-state index contributed by atoms with van der Waals surface area (Å²) in [5.74, 6) is -0.0762. The monoisotopic (exact) mass is 363 g/mol. The van der Waals surface area contributed by atoms with Crippen LogP contribution in [0.1, 0.15) is 27.0 Å². The zero-order chi connectivity index (χ0) is 18.4. The molecule has 0 radical (unpaired) electrons. The van der Waals surface area contributed by atoms with Crippen molar-refractivity contribution in [3.8, 4) is 17.2 Å². The van der Waals surface area contributed by atoms with E-state index in [1.807, 2.05) is 0 Å². The number of thiophene rings is 1. The van der Waals surface area contributed by atoms with Gasteiger partial charge in [-0.2, -0.15) is 0 Å². The Morgan fingerprint density at radius 3 is 2.16 bits per heavy atom. The number of hydrogen-bond acceptors (Lipinski definition) is 8. The van der Waals surface area contributed by atoms with E-state index in [1.165, 1.54) is 51.7 Å². The van der Waals surface area contributed by atoms with Crippen molar-refractivity contribution < 1.29 is 28.6 Å². The number of oxime groups is 1. The van der Waals surface area contributed by atoms with E-state index in [4.69, 9.17) is 19.0 Å². The van der Waals surface area contributed by atoms with Crippen LogP contribution in [-0.2, 0) is 4.84 Å². The Morgan fingerprint density at radius 2 is 1.68 bits per heavy atom. The molecule has 132 valence electrons. The summed E-state index contributed by atoms with van der Waals surface area (Å²) in [5, 5.41) is 5.40. The smallest absolute Gasteiger partial charge is 0.366 e. The van der Waals surface area contributed by atoms with Crippen LogP contribution in [0.15, 0.2) is 34.8 Å². The maximum absolute atomic E-state index is 12.2. The average Bonchev–Trinajstić information content (AvgIpc) is 3.18. The van der Waals surface area contributed by atoms with Crippen LogP contribution in [0.3, 0.4) is 0 Å². The number of ether oxygens (including phenoxy) is 3. The summed E-state index contributed by atoms with van der Waals surface area (Å²) in [6.45, 7) is 1.48. The predicted molar refractivity (Wildman–Crippen MR) is 93.3 cm³/mol. The molecule has 25 heavy (non-hydrogen) atoms. The standard InChI is InChI=1S/C17H17NO6S/c1-10(15(19)14-6-5-7-25-14)18-24-17(20)11-8-12(21-2)16(23-4)13(9-11)22-3/h5-9H,1-4H3/b18-10+. The number of carbonyl (C=O) groups is 2. The average molecular weight is 363 g/mol. The minimum absolute atomic E-state index is 0.0724. The first kappa shape index (κ1) is 18.5. The molecule has 0 saturated heterocycles. The molecule has 7 nitrogen and oxygen atoms in total. The van der Waals surface area contributed by atoms with Crippen LogP contribution >= 0.6 is 11.3 Å². The summed E-state index contributed by atoms with van der Waals surface area (Å²) >= 11 is 1.29. The van der Waals surface area contributed by atoms with Gasteiger partial charge < -0.3 is 19.0 Å². The minimum Gasteiger partial charge on any atom is -0.493 e. The van der Waals surface area contributed by atoms with Crippen LogP contribution < -0.4 is 14.2 Å². The van der Waals surface area contributed by atoms with Crippen LogP contribution in [0, 0.1) is 0 Å². The van der Waals surface area contributed by atoms with Gasteiger partial charge in [0.25, 0.3) is 0 Å². The second-order valence-electron chi connectivity index (χ2n) is 4.78. The van der Waals surface area contributed by atoms with E-state index >= 15 is 0 Å². The van der Waals surface area contributed by atoms with Crippen molar-refractivity contribution in [1.29, 1.82) is 0 Å². The van der Waals surface area contributed by atoms with Crippen LogP contribution in [0.5, 0.6) is 17.2 Å². The molecule has 0 atom stereocenters. The number of ketones is 1. The lowest BCUT2D eigenvalue weighted by Gasteiger charge is -2.13. The number of methoxy groups -OCH3 is 3. The molecule has 0 unspecified atom stereocenters. The number of rotatable bonds is 7. The molecule has 0 saturated carbocycles. The van der Waals surface area contributed by atoms with Gasteiger partial charge in [0.05, 0.1) is 31.8 Å². The molecular weight excluding hydrogens is 346 g/mol. The minimum atomic E-state index is -0.752. The number of Topliss-reactive ketones (excluding diaryl/α,β-unsaturated/α-hetero) is 1. The highest BCUT2D eigenvalue weighted by atomic mass is 32.1. The summed E-state index contributed by atoms with van der Waals surface area (Å²) in [6, 6.07) is 6.31. The van der Waals surface area contributed by atoms with E-state index in [-0.39, 0.29) is 17.1 Å². The highest BCUT2D eigenvalue weighted by molar-refractivity contribution is 7.13. The van der Waals surface area contributed by atoms with Gasteiger partial charge in [-0.25, -0.2) is 4.79 Å². The Labute approximate surface area is 148 Å². The van der Waals surface area contributed by atoms with Crippen molar-refractivity contribution in [3.05, 3.63) is 40.1 Å². The molecule has 1 heterocycles. The van der Waals surface area contributed by atoms with Gasteiger partial charge in [-0.1, -0.05) is 11.2 Å². The quantitative estimate of drug-likeness (QED) is 0.325. The second-order valence-corrected chi connectivity index (χ2v) is 5.72. The summed E-state index contributed by atoms with van der Waals surface area (Å²) in [5.41, 5.74) is 0.220. The van der Waals surface area contributed by atoms with E-state index < -0.39 is 5.97 Å². The number of nitrogens with zero attached hydrogens (tertiary/aromatic N) is 1. The van der Waals surface area contributed by atoms with Crippen LogP contribution in [0.25, 0.3) is 0 Å². The fourth-order valence-corrected chi connectivity index (χ4v) is 2.70. The Kier molecular flexibility index (Phi) is 6.13. The lowest BCUT2D eigenvalue weighted by Crippen LogP contribution is -2.11. The predicted octanol–water partition coefficient (Wildman–Crippen LogP) is 3.19. The highest BCUT2D eigenvalue weighted by Crippen LogP contribution is 2.38. The van der Waals surface area contributed by atoms with Crippen molar-refractivity contribution >= 4 is 28.8 Å². The fraction of sp³-hybridized carbons (Fsp3) is 0.235. The van der Waals surface area contributed by atoms with Crippen LogP contribution in [-0.4, -0.2) is 38.8 Å². The van der Waals surface area contributed by atoms with Crippen molar-refractivity contribution in [3.63, 3.8) is 0 Å². The first-order valence-electron chi connectivity index (χ1n) is 7.16. The molecule has 0 bridgehead atoms. The third kappa shape index (κ3) is 4.16. The van der Waals surface area contributed by atoms with Crippen LogP contribution in [0.4, 0.5) is 0 Å². The number of carbonyl (C=O) groups excluding carboxylic acids is 2. The molecule has 8 heteroatoms. The SMILES string of the molecule is COc1cc(C(=O)O/N=C(\C)C(=O)c2cccs2)cc(OC)c1OC. The van der Waals surface area contributed by atoms with E-state index in [9.17, 15) is 9.59 Å². The normalized spacial score (nSPS) is 11.0. The highest BCUT2D eigenvalue weighted by Gasteiger charge is 2.19. The molecule has 0 aliphatic heterocycles. The Balaban J connectivity index is 2.20. The van der Waals surface area contributed by atoms with Gasteiger partial charge in [-0.05, 0) is 30.5 Å². The summed E-state index contributed by atoms with van der Waals surface area (Å²) < 4.78 is 15.6. The first-order chi connectivity index (χ1) is 12.0. The zero-order valence-corrected chi connectivity index (χ0v) is 15.0. The van der Waals surface area contributed by atoms with E-state index in [0.717, 1.165) is 0 Å². The largest absolute Gasteiger partial charge is 0.493 e. The number of hydrogen-bond donors (Lipinski definition) is 0. The van der Waals surface area contributed by atoms with Crippen molar-refractivity contribution in [2.75, 3.05) is 21.3 Å². The van der Waals surface area contributed by atoms with E-state index in [1.54, 1.807) is 17.5 Å². The van der Waals surface area contributed by atoms with Crippen LogP contribution in [0.2, 0.25) is 0 Å². The molecule has 0 aliphatic carbocycles. The molecule has 1 aromatic carbocycles. The fourth-order valence-electron chi connectivity index (χ4n) is 1.99. The van der Waals surface area contributed by atoms with Gasteiger partial charge >= 0.3 is 5.97 Å². The molecule has 2 rings (SSSR count). The van der Waals surface area contributed by atoms with Gasteiger partial charge in [0.2, 0.25) is 11.5 Å². The van der Waals surface area contributed by atoms with Gasteiger partial charge in [0, 0.05) is 0 Å². The molecule has 1 aromatic heterocycles. The molecule has 0 spiro atoms. The van der Waals surface area contributed by atoms with Gasteiger partial charge in [-0.15, -0.1) is 11.3 Å². The van der Waals surface area contributed by atoms with E-state index in [2.05, 4.69) is 5.16 Å². The zero-order valence-electron chi connectivity index (χ0n) is 14.2. The maximum Gasteiger partial charge on any atom is 0.366 e. The van der Waals surface area contributed by atoms with Crippen molar-refractivity contribution in [1.82, 2.24) is 0 Å². The van der Waals surface area contributed by atoms with E-state index in [0.29, 0.717) is 22.1 Å². The molecule has 0 N–H and O–H groups in total. The third-order valence-corrected chi connectivity index (χ3v) is 4.11. The third-order valence-electron chi connectivity index (χ3n) is 3.24. The molecule has 0 amide bonds.